The number of aromatic nitrogens is 1. The quantitative estimate of drug-likeness (QED) is 0.798. The molecule has 2 aromatic rings. The van der Waals surface area contributed by atoms with E-state index in [-0.39, 0.29) is 10.7 Å². The first-order chi connectivity index (χ1) is 8.86. The summed E-state index contributed by atoms with van der Waals surface area (Å²) in [6.45, 7) is 0. The molecule has 0 saturated heterocycles. The van der Waals surface area contributed by atoms with E-state index in [2.05, 4.69) is 26.2 Å². The number of nitrogens with zero attached hydrogens (tertiary/aromatic N) is 1. The third-order valence-electron chi connectivity index (χ3n) is 2.27. The Labute approximate surface area is 120 Å². The summed E-state index contributed by atoms with van der Waals surface area (Å²) in [4.78, 5) is 3.87. The van der Waals surface area contributed by atoms with E-state index in [4.69, 9.17) is 11.6 Å². The van der Waals surface area contributed by atoms with E-state index in [9.17, 15) is 13.2 Å². The largest absolute Gasteiger partial charge is 0.418 e. The monoisotopic (exact) mass is 350 g/mol. The minimum absolute atomic E-state index is 0.0326. The van der Waals surface area contributed by atoms with E-state index >= 15 is 0 Å². The number of nitrogens with one attached hydrogen (secondary N) is 1. The van der Waals surface area contributed by atoms with Crippen molar-refractivity contribution in [1.29, 1.82) is 0 Å². The van der Waals surface area contributed by atoms with Crippen LogP contribution in [0.5, 0.6) is 0 Å². The van der Waals surface area contributed by atoms with Crippen LogP contribution in [0.25, 0.3) is 0 Å². The third kappa shape index (κ3) is 3.61. The Morgan fingerprint density at radius 1 is 1.16 bits per heavy atom. The molecule has 19 heavy (non-hydrogen) atoms. The topological polar surface area (TPSA) is 24.9 Å². The second kappa shape index (κ2) is 5.38. The molecule has 7 heteroatoms. The average Bonchev–Trinajstić information content (AvgIpc) is 2.30. The second-order valence-electron chi connectivity index (χ2n) is 3.70. The molecule has 0 radical (unpaired) electrons. The van der Waals surface area contributed by atoms with Gasteiger partial charge in [0, 0.05) is 15.7 Å². The molecule has 2 nitrogen and oxygen atoms in total. The van der Waals surface area contributed by atoms with Crippen LogP contribution in [0, 0.1) is 0 Å². The Balaban J connectivity index is 2.40. The molecule has 0 fully saturated rings. The second-order valence-corrected chi connectivity index (χ2v) is 5.06. The molecule has 1 aromatic heterocycles. The molecule has 0 aliphatic rings. The van der Waals surface area contributed by atoms with E-state index in [1.807, 2.05) is 0 Å². The van der Waals surface area contributed by atoms with Crippen LogP contribution >= 0.6 is 27.5 Å². The average molecular weight is 352 g/mol. The highest BCUT2D eigenvalue weighted by atomic mass is 79.9. The van der Waals surface area contributed by atoms with Crippen molar-refractivity contribution in [2.75, 3.05) is 5.32 Å². The lowest BCUT2D eigenvalue weighted by atomic mass is 10.1. The number of hydrogen-bond acceptors (Lipinski definition) is 2. The summed E-state index contributed by atoms with van der Waals surface area (Å²) in [6.07, 6.45) is -1.51. The summed E-state index contributed by atoms with van der Waals surface area (Å²) in [5, 5.41) is 2.71. The maximum Gasteiger partial charge on any atom is 0.418 e. The maximum absolute atomic E-state index is 12.9. The molecule has 0 amide bonds. The van der Waals surface area contributed by atoms with Gasteiger partial charge in [0.1, 0.15) is 0 Å². The molecule has 0 spiro atoms. The number of benzene rings is 1. The Kier molecular flexibility index (Phi) is 4.01. The van der Waals surface area contributed by atoms with Gasteiger partial charge in [-0.05, 0) is 40.2 Å². The predicted molar refractivity (Wildman–Crippen MR) is 71.7 cm³/mol. The van der Waals surface area contributed by atoms with Gasteiger partial charge in [0.25, 0.3) is 0 Å². The minimum Gasteiger partial charge on any atom is -0.354 e. The van der Waals surface area contributed by atoms with Gasteiger partial charge in [-0.1, -0.05) is 11.6 Å². The van der Waals surface area contributed by atoms with Crippen LogP contribution in [0.4, 0.5) is 24.5 Å². The van der Waals surface area contributed by atoms with Crippen LogP contribution in [-0.4, -0.2) is 4.98 Å². The van der Waals surface area contributed by atoms with E-state index in [1.54, 1.807) is 6.07 Å². The Hall–Kier alpha value is -1.27. The predicted octanol–water partition coefficient (Wildman–Crippen LogP) is 5.26. The highest BCUT2D eigenvalue weighted by molar-refractivity contribution is 9.10. The SMILES string of the molecule is FC(F)(F)c1cc(Cl)ccc1Nc1cncc(Br)c1. The lowest BCUT2D eigenvalue weighted by molar-refractivity contribution is -0.136. The lowest BCUT2D eigenvalue weighted by Crippen LogP contribution is -2.08. The molecule has 1 N–H and O–H groups in total. The van der Waals surface area contributed by atoms with Crippen LogP contribution < -0.4 is 5.32 Å². The van der Waals surface area contributed by atoms with Gasteiger partial charge in [0.2, 0.25) is 0 Å². The highest BCUT2D eigenvalue weighted by Gasteiger charge is 2.33. The highest BCUT2D eigenvalue weighted by Crippen LogP contribution is 2.37. The summed E-state index contributed by atoms with van der Waals surface area (Å²) in [6, 6.07) is 5.19. The van der Waals surface area contributed by atoms with Crippen molar-refractivity contribution in [1.82, 2.24) is 4.98 Å². The van der Waals surface area contributed by atoms with Crippen molar-refractivity contribution >= 4 is 38.9 Å². The molecule has 0 saturated carbocycles. The molecule has 1 aromatic carbocycles. The van der Waals surface area contributed by atoms with Crippen LogP contribution in [0.2, 0.25) is 5.02 Å². The van der Waals surface area contributed by atoms with Crippen LogP contribution in [0.1, 0.15) is 5.56 Å². The normalized spacial score (nSPS) is 11.4. The molecule has 0 atom stereocenters. The zero-order chi connectivity index (χ0) is 14.0. The first kappa shape index (κ1) is 14.1. The number of alkyl halides is 3. The van der Waals surface area contributed by atoms with Crippen molar-refractivity contribution in [2.45, 2.75) is 6.18 Å². The van der Waals surface area contributed by atoms with Crippen LogP contribution in [-0.2, 0) is 6.18 Å². The summed E-state index contributed by atoms with van der Waals surface area (Å²) in [7, 11) is 0. The zero-order valence-electron chi connectivity index (χ0n) is 9.30. The van der Waals surface area contributed by atoms with Gasteiger partial charge in [-0.2, -0.15) is 13.2 Å². The van der Waals surface area contributed by atoms with Crippen molar-refractivity contribution < 1.29 is 13.2 Å². The van der Waals surface area contributed by atoms with E-state index < -0.39 is 11.7 Å². The Bertz CT molecular complexity index is 602. The summed E-state index contributed by atoms with van der Waals surface area (Å²) in [5.41, 5.74) is -0.445. The minimum atomic E-state index is -4.48. The van der Waals surface area contributed by atoms with Gasteiger partial charge < -0.3 is 5.32 Å². The fraction of sp³-hybridized carbons (Fsp3) is 0.0833. The van der Waals surface area contributed by atoms with E-state index in [1.165, 1.54) is 24.5 Å². The Morgan fingerprint density at radius 3 is 2.53 bits per heavy atom. The van der Waals surface area contributed by atoms with Gasteiger partial charge in [-0.25, -0.2) is 0 Å². The molecule has 1 heterocycles. The summed E-state index contributed by atoms with van der Waals surface area (Å²) in [5.74, 6) is 0. The molecule has 2 rings (SSSR count). The summed E-state index contributed by atoms with van der Waals surface area (Å²) < 4.78 is 39.3. The molecule has 0 aliphatic heterocycles. The molecule has 100 valence electrons. The van der Waals surface area contributed by atoms with Crippen molar-refractivity contribution in [3.63, 3.8) is 0 Å². The number of anilines is 2. The molecule has 0 unspecified atom stereocenters. The standard InChI is InChI=1S/C12H7BrClF3N2/c13-7-3-9(6-18-5-7)19-11-2-1-8(14)4-10(11)12(15,16)17/h1-6,19H. The molecule has 0 aliphatic carbocycles. The van der Waals surface area contributed by atoms with Crippen molar-refractivity contribution in [3.05, 3.63) is 51.7 Å². The summed E-state index contributed by atoms with van der Waals surface area (Å²) >= 11 is 8.80. The Morgan fingerprint density at radius 2 is 1.89 bits per heavy atom. The van der Waals surface area contributed by atoms with Crippen LogP contribution in [0.3, 0.4) is 0 Å². The maximum atomic E-state index is 12.9. The molecule has 0 bridgehead atoms. The van der Waals surface area contributed by atoms with Gasteiger partial charge in [-0.15, -0.1) is 0 Å². The van der Waals surface area contributed by atoms with Gasteiger partial charge in [0.15, 0.2) is 0 Å². The van der Waals surface area contributed by atoms with E-state index in [0.717, 1.165) is 6.07 Å². The number of pyridine rings is 1. The lowest BCUT2D eigenvalue weighted by Gasteiger charge is -2.14. The fourth-order valence-corrected chi connectivity index (χ4v) is 2.03. The van der Waals surface area contributed by atoms with Crippen molar-refractivity contribution in [3.8, 4) is 0 Å². The number of halogens is 5. The fourth-order valence-electron chi connectivity index (χ4n) is 1.50. The van der Waals surface area contributed by atoms with Gasteiger partial charge >= 0.3 is 6.18 Å². The van der Waals surface area contributed by atoms with Gasteiger partial charge in [-0.3, -0.25) is 4.98 Å². The van der Waals surface area contributed by atoms with E-state index in [0.29, 0.717) is 10.2 Å². The molecular weight excluding hydrogens is 344 g/mol. The zero-order valence-corrected chi connectivity index (χ0v) is 11.6. The first-order valence-corrected chi connectivity index (χ1v) is 6.28. The van der Waals surface area contributed by atoms with Gasteiger partial charge in [0.05, 0.1) is 23.1 Å². The van der Waals surface area contributed by atoms with Crippen molar-refractivity contribution in [2.24, 2.45) is 0 Å². The first-order valence-electron chi connectivity index (χ1n) is 5.10. The number of hydrogen-bond donors (Lipinski definition) is 1. The molecular formula is C12H7BrClF3N2. The smallest absolute Gasteiger partial charge is 0.354 e. The number of rotatable bonds is 2. The van der Waals surface area contributed by atoms with Crippen LogP contribution in [0.15, 0.2) is 41.1 Å². The third-order valence-corrected chi connectivity index (χ3v) is 2.94.